The summed E-state index contributed by atoms with van der Waals surface area (Å²) in [4.78, 5) is 2.39. The van der Waals surface area contributed by atoms with Gasteiger partial charge in [-0.3, -0.25) is 4.90 Å². The Kier molecular flexibility index (Phi) is 3.07. The Labute approximate surface area is 107 Å². The number of fused-ring (bicyclic) bond motifs is 1. The van der Waals surface area contributed by atoms with Gasteiger partial charge >= 0.3 is 0 Å². The van der Waals surface area contributed by atoms with Crippen LogP contribution < -0.4 is 9.47 Å². The maximum absolute atomic E-state index is 8.87. The summed E-state index contributed by atoms with van der Waals surface area (Å²) in [6.07, 6.45) is 1.97. The minimum atomic E-state index is 0.248. The molecule has 0 saturated carbocycles. The Bertz CT molecular complexity index is 473. The molecule has 0 N–H and O–H groups in total. The van der Waals surface area contributed by atoms with E-state index in [2.05, 4.69) is 23.1 Å². The van der Waals surface area contributed by atoms with Gasteiger partial charge in [-0.25, -0.2) is 0 Å². The number of rotatable bonds is 2. The molecular formula is C14H16N2O2. The molecule has 1 aromatic rings. The topological polar surface area (TPSA) is 45.5 Å². The van der Waals surface area contributed by atoms with Crippen LogP contribution in [0.3, 0.4) is 0 Å². The van der Waals surface area contributed by atoms with Crippen molar-refractivity contribution < 1.29 is 9.47 Å². The normalized spacial score (nSPS) is 19.7. The Morgan fingerprint density at radius 3 is 2.78 bits per heavy atom. The number of hydrogen-bond acceptors (Lipinski definition) is 4. The zero-order valence-corrected chi connectivity index (χ0v) is 10.3. The van der Waals surface area contributed by atoms with Gasteiger partial charge in [-0.1, -0.05) is 6.07 Å². The first-order chi connectivity index (χ1) is 8.85. The molecule has 0 atom stereocenters. The van der Waals surface area contributed by atoms with E-state index in [1.54, 1.807) is 0 Å². The van der Waals surface area contributed by atoms with Crippen LogP contribution in [0, 0.1) is 17.2 Å². The van der Waals surface area contributed by atoms with Crippen LogP contribution in [0.1, 0.15) is 18.4 Å². The standard InChI is InChI=1S/C14H16N2O2/c15-8-11-3-5-16(6-4-11)9-12-1-2-13-14(7-12)18-10-17-13/h1-2,7,11H,3-6,9-10H2. The Morgan fingerprint density at radius 2 is 2.00 bits per heavy atom. The fourth-order valence-electron chi connectivity index (χ4n) is 2.52. The van der Waals surface area contributed by atoms with Crippen LogP contribution in [-0.4, -0.2) is 24.8 Å². The highest BCUT2D eigenvalue weighted by Gasteiger charge is 2.19. The average molecular weight is 244 g/mol. The van der Waals surface area contributed by atoms with Crippen molar-refractivity contribution in [3.8, 4) is 17.6 Å². The highest BCUT2D eigenvalue weighted by Crippen LogP contribution is 2.33. The van der Waals surface area contributed by atoms with Crippen molar-refractivity contribution in [3.05, 3.63) is 23.8 Å². The molecule has 1 fully saturated rings. The van der Waals surface area contributed by atoms with Crippen molar-refractivity contribution >= 4 is 0 Å². The van der Waals surface area contributed by atoms with Crippen molar-refractivity contribution in [1.82, 2.24) is 4.90 Å². The van der Waals surface area contributed by atoms with E-state index in [0.717, 1.165) is 44.0 Å². The Hall–Kier alpha value is -1.73. The Morgan fingerprint density at radius 1 is 1.22 bits per heavy atom. The van der Waals surface area contributed by atoms with Crippen LogP contribution in [0.15, 0.2) is 18.2 Å². The maximum Gasteiger partial charge on any atom is 0.231 e. The van der Waals surface area contributed by atoms with Crippen molar-refractivity contribution in [1.29, 1.82) is 5.26 Å². The van der Waals surface area contributed by atoms with Gasteiger partial charge in [0.2, 0.25) is 6.79 Å². The molecule has 0 unspecified atom stereocenters. The van der Waals surface area contributed by atoms with Gasteiger partial charge < -0.3 is 9.47 Å². The number of hydrogen-bond donors (Lipinski definition) is 0. The van der Waals surface area contributed by atoms with Crippen molar-refractivity contribution in [2.75, 3.05) is 19.9 Å². The lowest BCUT2D eigenvalue weighted by molar-refractivity contribution is 0.173. The van der Waals surface area contributed by atoms with Crippen LogP contribution in [0.4, 0.5) is 0 Å². The van der Waals surface area contributed by atoms with Gasteiger partial charge in [-0.2, -0.15) is 5.26 Å². The molecule has 4 heteroatoms. The molecule has 0 aromatic heterocycles. The van der Waals surface area contributed by atoms with E-state index >= 15 is 0 Å². The molecule has 0 radical (unpaired) electrons. The molecule has 2 heterocycles. The number of likely N-dealkylation sites (tertiary alicyclic amines) is 1. The smallest absolute Gasteiger partial charge is 0.231 e. The molecule has 0 amide bonds. The SMILES string of the molecule is N#CC1CCN(Cc2ccc3c(c2)OCO3)CC1. The summed E-state index contributed by atoms with van der Waals surface area (Å²) in [5.74, 6) is 1.93. The minimum absolute atomic E-state index is 0.248. The summed E-state index contributed by atoms with van der Waals surface area (Å²) < 4.78 is 10.7. The second kappa shape index (κ2) is 4.87. The summed E-state index contributed by atoms with van der Waals surface area (Å²) in [7, 11) is 0. The van der Waals surface area contributed by atoms with Crippen LogP contribution in [0.2, 0.25) is 0 Å². The molecule has 94 valence electrons. The van der Waals surface area contributed by atoms with Gasteiger partial charge in [0.15, 0.2) is 11.5 Å². The van der Waals surface area contributed by atoms with E-state index in [4.69, 9.17) is 14.7 Å². The predicted octanol–water partition coefficient (Wildman–Crippen LogP) is 2.15. The minimum Gasteiger partial charge on any atom is -0.454 e. The van der Waals surface area contributed by atoms with Gasteiger partial charge in [0.05, 0.1) is 6.07 Å². The van der Waals surface area contributed by atoms with Gasteiger partial charge in [-0.05, 0) is 43.6 Å². The van der Waals surface area contributed by atoms with E-state index in [1.165, 1.54) is 5.56 Å². The average Bonchev–Trinajstić information content (AvgIpc) is 2.87. The molecule has 0 aliphatic carbocycles. The second-order valence-corrected chi connectivity index (χ2v) is 4.87. The third-order valence-corrected chi connectivity index (χ3v) is 3.61. The van der Waals surface area contributed by atoms with Gasteiger partial charge in [0.1, 0.15) is 0 Å². The number of nitrogens with zero attached hydrogens (tertiary/aromatic N) is 2. The molecule has 3 rings (SSSR count). The molecule has 1 saturated heterocycles. The number of piperidine rings is 1. The van der Waals surface area contributed by atoms with Crippen molar-refractivity contribution in [2.24, 2.45) is 5.92 Å². The highest BCUT2D eigenvalue weighted by molar-refractivity contribution is 5.44. The summed E-state index contributed by atoms with van der Waals surface area (Å²) in [5.41, 5.74) is 1.25. The number of benzene rings is 1. The quantitative estimate of drug-likeness (QED) is 0.799. The molecule has 18 heavy (non-hydrogen) atoms. The highest BCUT2D eigenvalue weighted by atomic mass is 16.7. The maximum atomic E-state index is 8.87. The largest absolute Gasteiger partial charge is 0.454 e. The van der Waals surface area contributed by atoms with E-state index in [1.807, 2.05) is 6.07 Å². The van der Waals surface area contributed by atoms with Crippen LogP contribution in [-0.2, 0) is 6.54 Å². The molecule has 1 aromatic carbocycles. The zero-order chi connectivity index (χ0) is 12.4. The second-order valence-electron chi connectivity index (χ2n) is 4.87. The van der Waals surface area contributed by atoms with E-state index in [9.17, 15) is 0 Å². The van der Waals surface area contributed by atoms with Crippen molar-refractivity contribution in [2.45, 2.75) is 19.4 Å². The molecule has 0 bridgehead atoms. The van der Waals surface area contributed by atoms with Crippen LogP contribution in [0.5, 0.6) is 11.5 Å². The first kappa shape index (κ1) is 11.4. The summed E-state index contributed by atoms with van der Waals surface area (Å²) >= 11 is 0. The summed E-state index contributed by atoms with van der Waals surface area (Å²) in [6, 6.07) is 8.47. The monoisotopic (exact) mass is 244 g/mol. The summed E-state index contributed by atoms with van der Waals surface area (Å²) in [6.45, 7) is 3.26. The molecular weight excluding hydrogens is 228 g/mol. The lowest BCUT2D eigenvalue weighted by Gasteiger charge is -2.28. The third-order valence-electron chi connectivity index (χ3n) is 3.61. The third kappa shape index (κ3) is 2.27. The van der Waals surface area contributed by atoms with Gasteiger partial charge in [0, 0.05) is 12.5 Å². The van der Waals surface area contributed by atoms with E-state index < -0.39 is 0 Å². The fraction of sp³-hybridized carbons (Fsp3) is 0.500. The molecule has 2 aliphatic heterocycles. The number of ether oxygens (including phenoxy) is 2. The first-order valence-electron chi connectivity index (χ1n) is 6.35. The van der Waals surface area contributed by atoms with Crippen LogP contribution in [0.25, 0.3) is 0 Å². The lowest BCUT2D eigenvalue weighted by Crippen LogP contribution is -2.32. The Balaban J connectivity index is 1.62. The molecule has 0 spiro atoms. The van der Waals surface area contributed by atoms with E-state index in [-0.39, 0.29) is 5.92 Å². The fourth-order valence-corrected chi connectivity index (χ4v) is 2.52. The van der Waals surface area contributed by atoms with E-state index in [0.29, 0.717) is 6.79 Å². The molecule has 4 nitrogen and oxygen atoms in total. The lowest BCUT2D eigenvalue weighted by atomic mass is 9.98. The van der Waals surface area contributed by atoms with Crippen LogP contribution >= 0.6 is 0 Å². The predicted molar refractivity (Wildman–Crippen MR) is 66.2 cm³/mol. The summed E-state index contributed by atoms with van der Waals surface area (Å²) in [5, 5.41) is 8.87. The first-order valence-corrected chi connectivity index (χ1v) is 6.35. The molecule has 2 aliphatic rings. The number of nitriles is 1. The van der Waals surface area contributed by atoms with Crippen molar-refractivity contribution in [3.63, 3.8) is 0 Å². The zero-order valence-electron chi connectivity index (χ0n) is 10.3. The van der Waals surface area contributed by atoms with Gasteiger partial charge in [0.25, 0.3) is 0 Å². The van der Waals surface area contributed by atoms with Gasteiger partial charge in [-0.15, -0.1) is 0 Å².